The summed E-state index contributed by atoms with van der Waals surface area (Å²) in [5.41, 5.74) is 3.96. The number of hydrogen-bond acceptors (Lipinski definition) is 10. The molecule has 0 radical (unpaired) electrons. The van der Waals surface area contributed by atoms with Gasteiger partial charge in [0, 0.05) is 81.1 Å². The third kappa shape index (κ3) is 7.48. The fourth-order valence-corrected chi connectivity index (χ4v) is 5.40. The van der Waals surface area contributed by atoms with Gasteiger partial charge in [-0.25, -0.2) is 4.68 Å². The molecule has 2 fully saturated rings. The molecule has 2 aliphatic heterocycles. The van der Waals surface area contributed by atoms with Crippen molar-refractivity contribution in [3.63, 3.8) is 0 Å². The number of likely N-dealkylation sites (N-methyl/N-ethyl adjacent to an activating group) is 1. The second-order valence-electron chi connectivity index (χ2n) is 12.8. The summed E-state index contributed by atoms with van der Waals surface area (Å²) in [6, 6.07) is 4.13. The fourth-order valence-electron chi connectivity index (χ4n) is 5.40. The largest absolute Gasteiger partial charge is 0.371 e. The van der Waals surface area contributed by atoms with Crippen LogP contribution in [0.3, 0.4) is 0 Å². The van der Waals surface area contributed by atoms with E-state index in [9.17, 15) is 4.79 Å². The topological polar surface area (TPSA) is 121 Å². The Labute approximate surface area is 259 Å². The molecule has 0 spiro atoms. The maximum Gasteiger partial charge on any atom is 0.258 e. The molecule has 2 aliphatic rings. The smallest absolute Gasteiger partial charge is 0.258 e. The molecule has 1 N–H and O–H groups in total. The Balaban J connectivity index is 1.18. The van der Waals surface area contributed by atoms with Crippen molar-refractivity contribution in [2.24, 2.45) is 4.99 Å². The summed E-state index contributed by atoms with van der Waals surface area (Å²) < 4.78 is 6.99. The number of aryl methyl sites for hydroxylation is 1. The maximum absolute atomic E-state index is 13.0. The van der Waals surface area contributed by atoms with Gasteiger partial charge >= 0.3 is 0 Å². The first-order valence-corrected chi connectivity index (χ1v) is 15.2. The normalized spacial score (nSPS) is 17.9. The van der Waals surface area contributed by atoms with Gasteiger partial charge in [0.1, 0.15) is 11.5 Å². The number of nitrogens with zero attached hydrogens (tertiary/aromatic N) is 9. The molecule has 2 saturated heterocycles. The molecule has 0 aromatic carbocycles. The van der Waals surface area contributed by atoms with E-state index in [2.05, 4.69) is 59.1 Å². The van der Waals surface area contributed by atoms with Crippen molar-refractivity contribution in [2.75, 3.05) is 51.6 Å². The predicted octanol–water partition coefficient (Wildman–Crippen LogP) is 4.17. The van der Waals surface area contributed by atoms with Gasteiger partial charge in [-0.15, -0.1) is 5.10 Å². The number of pyridine rings is 1. The zero-order valence-corrected chi connectivity index (χ0v) is 26.7. The molecule has 0 saturated carbocycles. The minimum Gasteiger partial charge on any atom is -0.371 e. The number of rotatable bonds is 8. The highest BCUT2D eigenvalue weighted by Crippen LogP contribution is 2.25. The number of anilines is 1. The zero-order valence-electron chi connectivity index (χ0n) is 26.7. The highest BCUT2D eigenvalue weighted by atomic mass is 16.5. The summed E-state index contributed by atoms with van der Waals surface area (Å²) in [4.78, 5) is 29.3. The molecule has 5 rings (SSSR count). The number of likely N-dealkylation sites (tertiary alicyclic amines) is 1. The van der Waals surface area contributed by atoms with Crippen molar-refractivity contribution in [3.8, 4) is 5.69 Å². The highest BCUT2D eigenvalue weighted by Gasteiger charge is 2.27. The standard InChI is InChI=1S/C32H44N10O2/c1-22(18-33-19-23(2)40-10-8-26(9-11-40)41-14-12-39(7)13-15-41)27-21-42(38-36-27)28-16-25(20-34-24(28)3)31(43)35-30-17-29(44-37-30)32(4,5)6/h16-21,26H,2,8-15H2,1,3-7H3,(H,35,37,43)/b22-18+,33-19-. The number of carbonyl (C=O) groups excluding carboxylic acids is 1. The van der Waals surface area contributed by atoms with Crippen LogP contribution in [0.25, 0.3) is 11.3 Å². The first-order chi connectivity index (χ1) is 21.0. The molecule has 0 bridgehead atoms. The van der Waals surface area contributed by atoms with Gasteiger partial charge in [0.2, 0.25) is 0 Å². The van der Waals surface area contributed by atoms with Crippen molar-refractivity contribution in [1.82, 2.24) is 39.8 Å². The summed E-state index contributed by atoms with van der Waals surface area (Å²) >= 11 is 0. The average Bonchev–Trinajstić information content (AvgIpc) is 3.68. The number of carbonyl (C=O) groups is 1. The lowest BCUT2D eigenvalue weighted by atomic mass is 9.93. The number of aromatic nitrogens is 5. The number of aliphatic imine (C=N–C) groups is 1. The molecule has 0 atom stereocenters. The number of piperazine rings is 1. The van der Waals surface area contributed by atoms with Crippen molar-refractivity contribution in [1.29, 1.82) is 0 Å². The second-order valence-corrected chi connectivity index (χ2v) is 12.8. The summed E-state index contributed by atoms with van der Waals surface area (Å²) in [6.45, 7) is 20.7. The van der Waals surface area contributed by atoms with E-state index in [1.807, 2.05) is 40.8 Å². The van der Waals surface area contributed by atoms with E-state index in [4.69, 9.17) is 4.52 Å². The molecule has 44 heavy (non-hydrogen) atoms. The van der Waals surface area contributed by atoms with Crippen LogP contribution in [-0.2, 0) is 5.41 Å². The van der Waals surface area contributed by atoms with E-state index < -0.39 is 0 Å². The quantitative estimate of drug-likeness (QED) is 0.380. The molecular weight excluding hydrogens is 556 g/mol. The number of allylic oxidation sites excluding steroid dienone is 2. The Morgan fingerprint density at radius 3 is 2.55 bits per heavy atom. The van der Waals surface area contributed by atoms with Crippen LogP contribution in [0.1, 0.15) is 68.0 Å². The Hall–Kier alpha value is -4.16. The minimum absolute atomic E-state index is 0.215. The fraction of sp³-hybridized carbons (Fsp3) is 0.500. The van der Waals surface area contributed by atoms with E-state index in [-0.39, 0.29) is 11.3 Å². The van der Waals surface area contributed by atoms with Gasteiger partial charge in [-0.1, -0.05) is 37.7 Å². The number of nitrogens with one attached hydrogen (secondary N) is 1. The molecule has 1 amide bonds. The van der Waals surface area contributed by atoms with Crippen LogP contribution in [0.15, 0.2) is 52.5 Å². The molecule has 3 aromatic rings. The van der Waals surface area contributed by atoms with E-state index >= 15 is 0 Å². The lowest BCUT2D eigenvalue weighted by Crippen LogP contribution is -2.52. The first kappa shape index (κ1) is 31.3. The van der Waals surface area contributed by atoms with Gasteiger partial charge in [0.25, 0.3) is 5.91 Å². The molecule has 0 unspecified atom stereocenters. The lowest BCUT2D eigenvalue weighted by molar-refractivity contribution is 0.0772. The Bertz CT molecular complexity index is 1530. The minimum atomic E-state index is -0.345. The molecule has 5 heterocycles. The van der Waals surface area contributed by atoms with Crippen LogP contribution in [0.2, 0.25) is 0 Å². The Kier molecular flexibility index (Phi) is 9.40. The Morgan fingerprint density at radius 2 is 1.86 bits per heavy atom. The summed E-state index contributed by atoms with van der Waals surface area (Å²) in [7, 11) is 2.20. The van der Waals surface area contributed by atoms with E-state index in [1.54, 1.807) is 29.2 Å². The highest BCUT2D eigenvalue weighted by molar-refractivity contribution is 6.03. The molecular formula is C32H44N10O2. The maximum atomic E-state index is 13.0. The van der Waals surface area contributed by atoms with Gasteiger partial charge in [0.05, 0.1) is 23.1 Å². The molecule has 12 heteroatoms. The number of hydrogen-bond donors (Lipinski definition) is 1. The van der Waals surface area contributed by atoms with Crippen LogP contribution >= 0.6 is 0 Å². The van der Waals surface area contributed by atoms with Crippen LogP contribution in [0.4, 0.5) is 5.82 Å². The van der Waals surface area contributed by atoms with Gasteiger partial charge < -0.3 is 19.6 Å². The molecule has 0 aliphatic carbocycles. The Morgan fingerprint density at radius 1 is 1.14 bits per heavy atom. The van der Waals surface area contributed by atoms with Crippen LogP contribution in [-0.4, -0.2) is 104 Å². The summed E-state index contributed by atoms with van der Waals surface area (Å²) in [5.74, 6) is 0.690. The predicted molar refractivity (Wildman–Crippen MR) is 172 cm³/mol. The van der Waals surface area contributed by atoms with Gasteiger partial charge in [-0.2, -0.15) is 0 Å². The van der Waals surface area contributed by atoms with Gasteiger partial charge in [-0.3, -0.25) is 19.7 Å². The van der Waals surface area contributed by atoms with Gasteiger partial charge in [-0.05, 0) is 45.4 Å². The first-order valence-electron chi connectivity index (χ1n) is 15.2. The zero-order chi connectivity index (χ0) is 31.4. The van der Waals surface area contributed by atoms with Crippen LogP contribution in [0.5, 0.6) is 0 Å². The third-order valence-corrected chi connectivity index (χ3v) is 8.37. The monoisotopic (exact) mass is 600 g/mol. The van der Waals surface area contributed by atoms with E-state index in [1.165, 1.54) is 6.20 Å². The second kappa shape index (κ2) is 13.2. The SMILES string of the molecule is C=C(/C=N\C=C(/C)c1cn(-c2cc(C(=O)Nc3cc(C(C)(C)C)on3)cnc2C)nn1)N1CCC(N2CCN(C)CC2)CC1. The third-order valence-electron chi connectivity index (χ3n) is 8.37. The average molecular weight is 601 g/mol. The van der Waals surface area contributed by atoms with Gasteiger partial charge in [0.15, 0.2) is 5.82 Å². The summed E-state index contributed by atoms with van der Waals surface area (Å²) in [5, 5.41) is 15.4. The van der Waals surface area contributed by atoms with Crippen molar-refractivity contribution < 1.29 is 9.32 Å². The van der Waals surface area contributed by atoms with Crippen LogP contribution in [0, 0.1) is 6.92 Å². The molecule has 3 aromatic heterocycles. The molecule has 234 valence electrons. The number of piperidine rings is 1. The lowest BCUT2D eigenvalue weighted by Gasteiger charge is -2.42. The van der Waals surface area contributed by atoms with Crippen molar-refractivity contribution in [2.45, 2.75) is 58.9 Å². The molecule has 12 nitrogen and oxygen atoms in total. The van der Waals surface area contributed by atoms with Crippen LogP contribution < -0.4 is 5.32 Å². The van der Waals surface area contributed by atoms with E-state index in [0.717, 1.165) is 63.4 Å². The van der Waals surface area contributed by atoms with Crippen molar-refractivity contribution >= 4 is 23.5 Å². The summed E-state index contributed by atoms with van der Waals surface area (Å²) in [6.07, 6.45) is 9.24. The van der Waals surface area contributed by atoms with Crippen molar-refractivity contribution in [3.05, 3.63) is 65.7 Å². The van der Waals surface area contributed by atoms with E-state index in [0.29, 0.717) is 40.3 Å². The number of amides is 1.